The number of ether oxygens (including phenoxy) is 3. The van der Waals surface area contributed by atoms with E-state index >= 15 is 0 Å². The van der Waals surface area contributed by atoms with Gasteiger partial charge in [-0.2, -0.15) is 0 Å². The van der Waals surface area contributed by atoms with Gasteiger partial charge < -0.3 is 19.5 Å². The van der Waals surface area contributed by atoms with Gasteiger partial charge in [0.25, 0.3) is 0 Å². The van der Waals surface area contributed by atoms with Gasteiger partial charge in [-0.15, -0.1) is 0 Å². The van der Waals surface area contributed by atoms with E-state index in [2.05, 4.69) is 5.32 Å². The van der Waals surface area contributed by atoms with Crippen LogP contribution in [0.1, 0.15) is 11.1 Å². The Labute approximate surface area is 181 Å². The Bertz CT molecular complexity index is 1000. The summed E-state index contributed by atoms with van der Waals surface area (Å²) in [5, 5.41) is 3.09. The SMILES string of the molecule is COc1cc(CNC(=O)CN(c2cc(Cl)ccc2C)S(C)(=O)=O)cc(OC)c1OC. The molecule has 10 heteroatoms. The number of amides is 1. The molecule has 0 saturated carbocycles. The van der Waals surface area contributed by atoms with Crippen molar-refractivity contribution in [2.24, 2.45) is 0 Å². The first-order valence-electron chi connectivity index (χ1n) is 8.90. The Morgan fingerprint density at radius 2 is 1.67 bits per heavy atom. The van der Waals surface area contributed by atoms with Crippen molar-refractivity contribution in [2.75, 3.05) is 38.4 Å². The van der Waals surface area contributed by atoms with Crippen LogP contribution < -0.4 is 23.8 Å². The summed E-state index contributed by atoms with van der Waals surface area (Å²) >= 11 is 6.01. The van der Waals surface area contributed by atoms with Crippen LogP contribution in [0.4, 0.5) is 5.69 Å². The number of carbonyl (C=O) groups is 1. The van der Waals surface area contributed by atoms with Gasteiger partial charge in [0.05, 0.1) is 33.3 Å². The summed E-state index contributed by atoms with van der Waals surface area (Å²) in [4.78, 5) is 12.5. The molecule has 0 aliphatic heterocycles. The molecule has 0 radical (unpaired) electrons. The highest BCUT2D eigenvalue weighted by Gasteiger charge is 2.23. The Hall–Kier alpha value is -2.65. The Morgan fingerprint density at radius 1 is 1.07 bits per heavy atom. The van der Waals surface area contributed by atoms with Gasteiger partial charge >= 0.3 is 0 Å². The highest BCUT2D eigenvalue weighted by atomic mass is 35.5. The van der Waals surface area contributed by atoms with Crippen molar-refractivity contribution in [1.29, 1.82) is 0 Å². The fourth-order valence-electron chi connectivity index (χ4n) is 2.86. The van der Waals surface area contributed by atoms with Crippen LogP contribution in [0.15, 0.2) is 30.3 Å². The molecule has 0 bridgehead atoms. The maximum Gasteiger partial charge on any atom is 0.241 e. The molecule has 0 fully saturated rings. The van der Waals surface area contributed by atoms with Crippen molar-refractivity contribution in [1.82, 2.24) is 5.32 Å². The van der Waals surface area contributed by atoms with Crippen molar-refractivity contribution in [3.63, 3.8) is 0 Å². The van der Waals surface area contributed by atoms with Crippen LogP contribution in [0.5, 0.6) is 17.2 Å². The number of benzene rings is 2. The minimum atomic E-state index is -3.71. The van der Waals surface area contributed by atoms with Gasteiger partial charge in [0.15, 0.2) is 11.5 Å². The van der Waals surface area contributed by atoms with Gasteiger partial charge in [-0.3, -0.25) is 9.10 Å². The Balaban J connectivity index is 2.20. The van der Waals surface area contributed by atoms with Gasteiger partial charge in [0, 0.05) is 11.6 Å². The molecule has 0 aliphatic carbocycles. The first-order chi connectivity index (χ1) is 14.1. The molecule has 0 atom stereocenters. The highest BCUT2D eigenvalue weighted by molar-refractivity contribution is 7.92. The van der Waals surface area contributed by atoms with Crippen molar-refractivity contribution in [3.05, 3.63) is 46.5 Å². The zero-order valence-corrected chi connectivity index (χ0v) is 19.1. The molecule has 2 aromatic rings. The number of carbonyl (C=O) groups excluding carboxylic acids is 1. The molecular weight excluding hydrogens is 432 g/mol. The first-order valence-corrected chi connectivity index (χ1v) is 11.1. The van der Waals surface area contributed by atoms with E-state index in [1.165, 1.54) is 27.4 Å². The molecule has 164 valence electrons. The van der Waals surface area contributed by atoms with E-state index in [-0.39, 0.29) is 13.1 Å². The average molecular weight is 457 g/mol. The third-order valence-electron chi connectivity index (χ3n) is 4.34. The molecule has 0 aliphatic rings. The first kappa shape index (κ1) is 23.6. The van der Waals surface area contributed by atoms with Crippen LogP contribution in [0, 0.1) is 6.92 Å². The van der Waals surface area contributed by atoms with Gasteiger partial charge in [-0.25, -0.2) is 8.42 Å². The number of nitrogens with one attached hydrogen (secondary N) is 1. The predicted molar refractivity (Wildman–Crippen MR) is 116 cm³/mol. The molecule has 8 nitrogen and oxygen atoms in total. The fraction of sp³-hybridized carbons (Fsp3) is 0.350. The molecular formula is C20H25ClN2O6S. The lowest BCUT2D eigenvalue weighted by Gasteiger charge is -2.24. The Morgan fingerprint density at radius 3 is 2.17 bits per heavy atom. The summed E-state index contributed by atoms with van der Waals surface area (Å²) in [7, 11) is 0.785. The van der Waals surface area contributed by atoms with Crippen LogP contribution >= 0.6 is 11.6 Å². The molecule has 30 heavy (non-hydrogen) atoms. The molecule has 0 aromatic heterocycles. The van der Waals surface area contributed by atoms with E-state index in [9.17, 15) is 13.2 Å². The molecule has 2 aromatic carbocycles. The van der Waals surface area contributed by atoms with E-state index in [1.807, 2.05) is 0 Å². The zero-order chi connectivity index (χ0) is 22.5. The van der Waals surface area contributed by atoms with Gasteiger partial charge in [0.2, 0.25) is 21.7 Å². The summed E-state index contributed by atoms with van der Waals surface area (Å²) in [6.07, 6.45) is 1.04. The van der Waals surface area contributed by atoms with Crippen molar-refractivity contribution in [3.8, 4) is 17.2 Å². The average Bonchev–Trinajstić information content (AvgIpc) is 2.70. The smallest absolute Gasteiger partial charge is 0.241 e. The van der Waals surface area contributed by atoms with Crippen molar-refractivity contribution >= 4 is 33.2 Å². The van der Waals surface area contributed by atoms with E-state index in [0.717, 1.165) is 10.6 Å². The molecule has 0 saturated heterocycles. The minimum absolute atomic E-state index is 0.141. The van der Waals surface area contributed by atoms with Crippen LogP contribution in [0.25, 0.3) is 0 Å². The summed E-state index contributed by atoms with van der Waals surface area (Å²) in [6, 6.07) is 8.29. The predicted octanol–water partition coefficient (Wildman–Crippen LogP) is 2.76. The number of hydrogen-bond acceptors (Lipinski definition) is 6. The second kappa shape index (κ2) is 9.90. The largest absolute Gasteiger partial charge is 0.493 e. The second-order valence-corrected chi connectivity index (χ2v) is 8.85. The van der Waals surface area contributed by atoms with Gasteiger partial charge in [-0.1, -0.05) is 17.7 Å². The van der Waals surface area contributed by atoms with Crippen LogP contribution in [-0.4, -0.2) is 48.5 Å². The standard InChI is InChI=1S/C20H25ClN2O6S/c1-13-6-7-15(21)10-16(13)23(30(5,25)26)12-19(24)22-11-14-8-17(27-2)20(29-4)18(9-14)28-3/h6-10H,11-12H2,1-5H3,(H,22,24). The number of halogens is 1. The van der Waals surface area contributed by atoms with E-state index in [4.69, 9.17) is 25.8 Å². The van der Waals surface area contributed by atoms with E-state index in [1.54, 1.807) is 31.2 Å². The molecule has 1 amide bonds. The third kappa shape index (κ3) is 5.70. The maximum atomic E-state index is 12.5. The summed E-state index contributed by atoms with van der Waals surface area (Å²) in [5.74, 6) is 0.866. The number of hydrogen-bond donors (Lipinski definition) is 1. The number of nitrogens with zero attached hydrogens (tertiary/aromatic N) is 1. The van der Waals surface area contributed by atoms with Crippen molar-refractivity contribution < 1.29 is 27.4 Å². The minimum Gasteiger partial charge on any atom is -0.493 e. The van der Waals surface area contributed by atoms with E-state index in [0.29, 0.717) is 39.1 Å². The fourth-order valence-corrected chi connectivity index (χ4v) is 3.93. The molecule has 2 rings (SSSR count). The van der Waals surface area contributed by atoms with Crippen LogP contribution in [0.2, 0.25) is 5.02 Å². The van der Waals surface area contributed by atoms with Gasteiger partial charge in [0.1, 0.15) is 6.54 Å². The number of methoxy groups -OCH3 is 3. The number of anilines is 1. The quantitative estimate of drug-likeness (QED) is 0.623. The topological polar surface area (TPSA) is 94.2 Å². The highest BCUT2D eigenvalue weighted by Crippen LogP contribution is 2.38. The lowest BCUT2D eigenvalue weighted by atomic mass is 10.1. The van der Waals surface area contributed by atoms with Crippen molar-refractivity contribution in [2.45, 2.75) is 13.5 Å². The second-order valence-electron chi connectivity index (χ2n) is 6.51. The monoisotopic (exact) mass is 456 g/mol. The summed E-state index contributed by atoms with van der Waals surface area (Å²) < 4.78 is 41.5. The number of aryl methyl sites for hydroxylation is 1. The maximum absolute atomic E-state index is 12.5. The van der Waals surface area contributed by atoms with E-state index < -0.39 is 15.9 Å². The zero-order valence-electron chi connectivity index (χ0n) is 17.5. The lowest BCUT2D eigenvalue weighted by Crippen LogP contribution is -2.40. The summed E-state index contributed by atoms with van der Waals surface area (Å²) in [5.41, 5.74) is 1.73. The molecule has 0 heterocycles. The third-order valence-corrected chi connectivity index (χ3v) is 5.70. The normalized spacial score (nSPS) is 11.0. The van der Waals surface area contributed by atoms with Crippen LogP contribution in [0.3, 0.4) is 0 Å². The molecule has 0 spiro atoms. The van der Waals surface area contributed by atoms with Crippen LogP contribution in [-0.2, 0) is 21.4 Å². The van der Waals surface area contributed by atoms with Gasteiger partial charge in [-0.05, 0) is 42.3 Å². The summed E-state index contributed by atoms with van der Waals surface area (Å²) in [6.45, 7) is 1.50. The number of rotatable bonds is 9. The Kier molecular flexibility index (Phi) is 7.80. The molecule has 1 N–H and O–H groups in total. The lowest BCUT2D eigenvalue weighted by molar-refractivity contribution is -0.119. The molecule has 0 unspecified atom stereocenters. The number of sulfonamides is 1.